The standard InChI is InChI=1S/C24H37NO5S2/c1-23(2)17-7-10-24(23,21(26)14-17)15-32(28,29)25-11-8-16(9-12-25)19-5-6-20(31-19)22(27)18-4-3-13-30-18/h16-20H,3-15H2,1-2H3. The molecule has 6 nitrogen and oxygen atoms in total. The number of Topliss-reactive ketones (excluding diaryl/α,β-unsaturated/α-hetero) is 2. The van der Waals surface area contributed by atoms with Crippen LogP contribution < -0.4 is 0 Å². The highest BCUT2D eigenvalue weighted by Crippen LogP contribution is 2.64. The first-order chi connectivity index (χ1) is 15.1. The Labute approximate surface area is 196 Å². The van der Waals surface area contributed by atoms with Gasteiger partial charge in [0.2, 0.25) is 10.0 Å². The predicted octanol–water partition coefficient (Wildman–Crippen LogP) is 3.44. The second-order valence-corrected chi connectivity index (χ2v) is 14.7. The largest absolute Gasteiger partial charge is 0.370 e. The summed E-state index contributed by atoms with van der Waals surface area (Å²) in [6.07, 6.45) is 7.55. The van der Waals surface area contributed by atoms with Crippen LogP contribution in [-0.4, -0.2) is 66.3 Å². The van der Waals surface area contributed by atoms with E-state index in [-0.39, 0.29) is 34.1 Å². The SMILES string of the molecule is CC1(C)C2CCC1(CS(=O)(=O)N1CCC(C3CCC(C(=O)C4CCCO4)S3)CC1)C(=O)C2. The first-order valence-corrected chi connectivity index (χ1v) is 15.0. The van der Waals surface area contributed by atoms with E-state index >= 15 is 0 Å². The zero-order chi connectivity index (χ0) is 22.7. The molecule has 5 aliphatic rings. The first kappa shape index (κ1) is 23.3. The molecular weight excluding hydrogens is 446 g/mol. The fourth-order valence-electron chi connectivity index (χ4n) is 7.26. The average Bonchev–Trinajstić information content (AvgIpc) is 3.53. The fraction of sp³-hybridized carbons (Fsp3) is 0.917. The zero-order valence-electron chi connectivity index (χ0n) is 19.4. The number of sulfonamides is 1. The molecule has 5 rings (SSSR count). The second-order valence-electron chi connectivity index (χ2n) is 11.3. The minimum absolute atomic E-state index is 0.0108. The highest BCUT2D eigenvalue weighted by Gasteiger charge is 2.65. The van der Waals surface area contributed by atoms with Crippen LogP contribution in [0.5, 0.6) is 0 Å². The molecule has 3 heterocycles. The van der Waals surface area contributed by atoms with Crippen LogP contribution in [0.25, 0.3) is 0 Å². The van der Waals surface area contributed by atoms with E-state index in [1.54, 1.807) is 4.31 Å². The summed E-state index contributed by atoms with van der Waals surface area (Å²) in [5.74, 6) is 1.23. The Morgan fingerprint density at radius 3 is 2.47 bits per heavy atom. The van der Waals surface area contributed by atoms with Crippen LogP contribution in [0.4, 0.5) is 0 Å². The van der Waals surface area contributed by atoms with Gasteiger partial charge < -0.3 is 4.74 Å². The Morgan fingerprint density at radius 2 is 1.88 bits per heavy atom. The summed E-state index contributed by atoms with van der Waals surface area (Å²) >= 11 is 1.81. The van der Waals surface area contributed by atoms with Crippen LogP contribution in [-0.2, 0) is 24.3 Å². The normalized spacial score (nSPS) is 40.4. The summed E-state index contributed by atoms with van der Waals surface area (Å²) in [6, 6.07) is 0. The molecular formula is C24H37NO5S2. The van der Waals surface area contributed by atoms with Gasteiger partial charge in [0.05, 0.1) is 11.0 Å². The van der Waals surface area contributed by atoms with Gasteiger partial charge in [0.25, 0.3) is 0 Å². The molecule has 0 radical (unpaired) electrons. The van der Waals surface area contributed by atoms with Crippen molar-refractivity contribution in [2.24, 2.45) is 22.7 Å². The summed E-state index contributed by atoms with van der Waals surface area (Å²) in [4.78, 5) is 25.5. The van der Waals surface area contributed by atoms with E-state index in [4.69, 9.17) is 4.74 Å². The molecule has 0 amide bonds. The third kappa shape index (κ3) is 3.72. The third-order valence-corrected chi connectivity index (χ3v) is 13.4. The number of ketones is 2. The van der Waals surface area contributed by atoms with E-state index in [1.807, 2.05) is 11.8 Å². The Bertz CT molecular complexity index is 873. The van der Waals surface area contributed by atoms with Gasteiger partial charge in [-0.1, -0.05) is 13.8 Å². The monoisotopic (exact) mass is 483 g/mol. The average molecular weight is 484 g/mol. The van der Waals surface area contributed by atoms with Crippen molar-refractivity contribution in [1.29, 1.82) is 0 Å². The van der Waals surface area contributed by atoms with Gasteiger partial charge in [0, 0.05) is 36.8 Å². The second kappa shape index (κ2) is 8.35. The van der Waals surface area contributed by atoms with Crippen LogP contribution in [0.3, 0.4) is 0 Å². The molecule has 0 spiro atoms. The number of ether oxygens (including phenoxy) is 1. The smallest absolute Gasteiger partial charge is 0.215 e. The molecule has 32 heavy (non-hydrogen) atoms. The number of hydrogen-bond donors (Lipinski definition) is 0. The third-order valence-electron chi connectivity index (χ3n) is 9.60. The maximum Gasteiger partial charge on any atom is 0.215 e. The maximum atomic E-state index is 13.4. The van der Waals surface area contributed by atoms with Gasteiger partial charge in [-0.2, -0.15) is 0 Å². The molecule has 5 atom stereocenters. The molecule has 2 aliphatic carbocycles. The van der Waals surface area contributed by atoms with Crippen LogP contribution in [0, 0.1) is 22.7 Å². The quantitative estimate of drug-likeness (QED) is 0.576. The maximum absolute atomic E-state index is 13.4. The van der Waals surface area contributed by atoms with E-state index in [2.05, 4.69) is 13.8 Å². The summed E-state index contributed by atoms with van der Waals surface area (Å²) in [6.45, 7) is 5.99. The van der Waals surface area contributed by atoms with Crippen molar-refractivity contribution in [2.45, 2.75) is 88.2 Å². The van der Waals surface area contributed by atoms with Crippen LogP contribution in [0.15, 0.2) is 0 Å². The molecule has 0 aromatic carbocycles. The molecule has 0 aromatic rings. The van der Waals surface area contributed by atoms with Gasteiger partial charge in [-0.25, -0.2) is 12.7 Å². The van der Waals surface area contributed by atoms with Crippen molar-refractivity contribution in [1.82, 2.24) is 4.31 Å². The van der Waals surface area contributed by atoms with Gasteiger partial charge in [0.1, 0.15) is 11.9 Å². The Balaban J connectivity index is 1.17. The number of fused-ring (bicyclic) bond motifs is 2. The molecule has 0 aromatic heterocycles. The van der Waals surface area contributed by atoms with Gasteiger partial charge in [-0.15, -0.1) is 11.8 Å². The van der Waals surface area contributed by atoms with Crippen molar-refractivity contribution >= 4 is 33.4 Å². The lowest BCUT2D eigenvalue weighted by atomic mass is 9.70. The molecule has 5 unspecified atom stereocenters. The van der Waals surface area contributed by atoms with Crippen LogP contribution >= 0.6 is 11.8 Å². The van der Waals surface area contributed by atoms with E-state index < -0.39 is 15.4 Å². The Kier molecular flexibility index (Phi) is 6.08. The predicted molar refractivity (Wildman–Crippen MR) is 125 cm³/mol. The molecule has 8 heteroatoms. The molecule has 5 fully saturated rings. The topological polar surface area (TPSA) is 80.8 Å². The van der Waals surface area contributed by atoms with Gasteiger partial charge in [-0.3, -0.25) is 9.59 Å². The van der Waals surface area contributed by atoms with Gasteiger partial charge >= 0.3 is 0 Å². The molecule has 180 valence electrons. The minimum atomic E-state index is -3.46. The highest BCUT2D eigenvalue weighted by molar-refractivity contribution is 8.01. The molecule has 2 saturated carbocycles. The summed E-state index contributed by atoms with van der Waals surface area (Å²) in [5.41, 5.74) is -0.912. The van der Waals surface area contributed by atoms with E-state index in [1.165, 1.54) is 0 Å². The van der Waals surface area contributed by atoms with E-state index in [0.29, 0.717) is 43.2 Å². The van der Waals surface area contributed by atoms with Crippen molar-refractivity contribution in [3.05, 3.63) is 0 Å². The fourth-order valence-corrected chi connectivity index (χ4v) is 11.3. The number of piperidine rings is 1. The van der Waals surface area contributed by atoms with Crippen LogP contribution in [0.2, 0.25) is 0 Å². The minimum Gasteiger partial charge on any atom is -0.370 e. The molecule has 2 bridgehead atoms. The number of nitrogens with zero attached hydrogens (tertiary/aromatic N) is 1. The van der Waals surface area contributed by atoms with E-state index in [9.17, 15) is 18.0 Å². The van der Waals surface area contributed by atoms with Crippen molar-refractivity contribution in [2.75, 3.05) is 25.4 Å². The van der Waals surface area contributed by atoms with Crippen LogP contribution in [0.1, 0.15) is 71.6 Å². The summed E-state index contributed by atoms with van der Waals surface area (Å²) in [5, 5.41) is 0.495. The summed E-state index contributed by atoms with van der Waals surface area (Å²) < 4.78 is 34.0. The zero-order valence-corrected chi connectivity index (χ0v) is 21.0. The van der Waals surface area contributed by atoms with Gasteiger partial charge in [-0.05, 0) is 68.6 Å². The Morgan fingerprint density at radius 1 is 1.12 bits per heavy atom. The van der Waals surface area contributed by atoms with Crippen molar-refractivity contribution in [3.63, 3.8) is 0 Å². The number of hydrogen-bond acceptors (Lipinski definition) is 6. The number of carbonyl (C=O) groups excluding carboxylic acids is 2. The van der Waals surface area contributed by atoms with Gasteiger partial charge in [0.15, 0.2) is 5.78 Å². The number of rotatable bonds is 6. The number of thioether (sulfide) groups is 1. The Hall–Kier alpha value is -0.440. The lowest BCUT2D eigenvalue weighted by molar-refractivity contribution is -0.128. The first-order valence-electron chi connectivity index (χ1n) is 12.5. The highest BCUT2D eigenvalue weighted by atomic mass is 32.2. The lowest BCUT2D eigenvalue weighted by Crippen LogP contribution is -2.48. The van der Waals surface area contributed by atoms with E-state index in [0.717, 1.165) is 51.4 Å². The molecule has 0 N–H and O–H groups in total. The van der Waals surface area contributed by atoms with Crippen molar-refractivity contribution in [3.8, 4) is 0 Å². The molecule has 3 aliphatic heterocycles. The summed E-state index contributed by atoms with van der Waals surface area (Å²) in [7, 11) is -3.46. The number of carbonyl (C=O) groups is 2. The molecule has 3 saturated heterocycles. The lowest BCUT2D eigenvalue weighted by Gasteiger charge is -2.39. The van der Waals surface area contributed by atoms with Crippen molar-refractivity contribution < 1.29 is 22.7 Å².